The Kier molecular flexibility index (Phi) is 7.62. The van der Waals surface area contributed by atoms with Crippen LogP contribution in [0.1, 0.15) is 31.8 Å². The van der Waals surface area contributed by atoms with Crippen LogP contribution in [0.3, 0.4) is 0 Å². The maximum atomic E-state index is 12.3. The molecule has 0 aliphatic carbocycles. The molecule has 3 aromatic rings. The van der Waals surface area contributed by atoms with Crippen molar-refractivity contribution in [1.82, 2.24) is 0 Å². The van der Waals surface area contributed by atoms with Crippen molar-refractivity contribution in [2.45, 2.75) is 6.61 Å². The van der Waals surface area contributed by atoms with E-state index in [1.807, 2.05) is 30.3 Å². The van der Waals surface area contributed by atoms with Crippen LogP contribution in [-0.2, 0) is 11.3 Å². The zero-order chi connectivity index (χ0) is 22.2. The molecule has 0 atom stereocenters. The molecule has 3 rings (SSSR count). The monoisotopic (exact) mass is 480 g/mol. The Bertz CT molecular complexity index is 1090. The quantitative estimate of drug-likeness (QED) is 0.234. The summed E-state index contributed by atoms with van der Waals surface area (Å²) in [5, 5.41) is 0. The van der Waals surface area contributed by atoms with Gasteiger partial charge < -0.3 is 14.2 Å². The van der Waals surface area contributed by atoms with Gasteiger partial charge in [-0.15, -0.1) is 0 Å². The fourth-order valence-electron chi connectivity index (χ4n) is 2.81. The third kappa shape index (κ3) is 6.06. The number of ether oxygens (including phenoxy) is 3. The van der Waals surface area contributed by atoms with Crippen LogP contribution in [0.15, 0.2) is 77.3 Å². The van der Waals surface area contributed by atoms with Gasteiger partial charge in [0.15, 0.2) is 17.3 Å². The number of hydrogen-bond donors (Lipinski definition) is 0. The number of esters is 1. The van der Waals surface area contributed by atoms with E-state index in [1.54, 1.807) is 49.6 Å². The highest BCUT2D eigenvalue weighted by atomic mass is 79.9. The minimum Gasteiger partial charge on any atom is -0.493 e. The third-order valence-electron chi connectivity index (χ3n) is 4.51. The SMILES string of the molecule is COC(=O)c1ccc(COc2ccc(/C=C/C(=O)c3ccc(Br)cc3)cc2OC)cc1. The van der Waals surface area contributed by atoms with Crippen molar-refractivity contribution >= 4 is 33.8 Å². The molecule has 5 nitrogen and oxygen atoms in total. The molecule has 0 aliphatic heterocycles. The molecule has 0 saturated carbocycles. The van der Waals surface area contributed by atoms with Gasteiger partial charge in [-0.3, -0.25) is 4.79 Å². The molecule has 0 saturated heterocycles. The van der Waals surface area contributed by atoms with Crippen molar-refractivity contribution in [2.24, 2.45) is 0 Å². The lowest BCUT2D eigenvalue weighted by atomic mass is 10.1. The second-order valence-electron chi connectivity index (χ2n) is 6.59. The lowest BCUT2D eigenvalue weighted by Crippen LogP contribution is -2.02. The average molecular weight is 481 g/mol. The Morgan fingerprint density at radius 2 is 1.55 bits per heavy atom. The summed E-state index contributed by atoms with van der Waals surface area (Å²) >= 11 is 3.36. The van der Waals surface area contributed by atoms with Crippen LogP contribution in [0.2, 0.25) is 0 Å². The highest BCUT2D eigenvalue weighted by Crippen LogP contribution is 2.29. The predicted octanol–water partition coefficient (Wildman–Crippen LogP) is 5.72. The lowest BCUT2D eigenvalue weighted by molar-refractivity contribution is 0.0600. The first kappa shape index (κ1) is 22.3. The second-order valence-corrected chi connectivity index (χ2v) is 7.51. The van der Waals surface area contributed by atoms with Crippen LogP contribution < -0.4 is 9.47 Å². The van der Waals surface area contributed by atoms with E-state index in [1.165, 1.54) is 13.2 Å². The normalized spacial score (nSPS) is 10.7. The Hall–Kier alpha value is -3.38. The lowest BCUT2D eigenvalue weighted by Gasteiger charge is -2.11. The smallest absolute Gasteiger partial charge is 0.337 e. The molecular formula is C25H21BrO5. The molecule has 158 valence electrons. The first-order valence-electron chi connectivity index (χ1n) is 9.46. The highest BCUT2D eigenvalue weighted by Gasteiger charge is 2.08. The number of benzene rings is 3. The predicted molar refractivity (Wildman–Crippen MR) is 123 cm³/mol. The van der Waals surface area contributed by atoms with Gasteiger partial charge in [-0.1, -0.05) is 40.2 Å². The molecule has 0 aliphatic rings. The Morgan fingerprint density at radius 1 is 0.871 bits per heavy atom. The number of methoxy groups -OCH3 is 2. The third-order valence-corrected chi connectivity index (χ3v) is 5.04. The molecular weight excluding hydrogens is 460 g/mol. The van der Waals surface area contributed by atoms with Crippen molar-refractivity contribution in [3.63, 3.8) is 0 Å². The highest BCUT2D eigenvalue weighted by molar-refractivity contribution is 9.10. The first-order valence-corrected chi connectivity index (χ1v) is 10.3. The molecule has 0 spiro atoms. The number of allylic oxidation sites excluding steroid dienone is 1. The van der Waals surface area contributed by atoms with Crippen molar-refractivity contribution in [2.75, 3.05) is 14.2 Å². The summed E-state index contributed by atoms with van der Waals surface area (Å²) in [6.45, 7) is 0.315. The maximum Gasteiger partial charge on any atom is 0.337 e. The maximum absolute atomic E-state index is 12.3. The van der Waals surface area contributed by atoms with Crippen molar-refractivity contribution < 1.29 is 23.8 Å². The van der Waals surface area contributed by atoms with Crippen molar-refractivity contribution in [3.8, 4) is 11.5 Å². The van der Waals surface area contributed by atoms with E-state index in [0.29, 0.717) is 29.2 Å². The van der Waals surface area contributed by atoms with Crippen LogP contribution in [0.5, 0.6) is 11.5 Å². The van der Waals surface area contributed by atoms with E-state index in [-0.39, 0.29) is 11.8 Å². The Labute approximate surface area is 189 Å². The molecule has 0 amide bonds. The summed E-state index contributed by atoms with van der Waals surface area (Å²) in [6, 6.07) is 19.7. The van der Waals surface area contributed by atoms with Crippen molar-refractivity contribution in [1.29, 1.82) is 0 Å². The zero-order valence-electron chi connectivity index (χ0n) is 17.1. The van der Waals surface area contributed by atoms with E-state index in [0.717, 1.165) is 15.6 Å². The fraction of sp³-hybridized carbons (Fsp3) is 0.120. The summed E-state index contributed by atoms with van der Waals surface area (Å²) in [5.74, 6) is 0.680. The molecule has 31 heavy (non-hydrogen) atoms. The summed E-state index contributed by atoms with van der Waals surface area (Å²) in [6.07, 6.45) is 3.27. The molecule has 0 bridgehead atoms. The van der Waals surface area contributed by atoms with Gasteiger partial charge in [0, 0.05) is 10.0 Å². The van der Waals surface area contributed by atoms with Gasteiger partial charge in [-0.2, -0.15) is 0 Å². The summed E-state index contributed by atoms with van der Waals surface area (Å²) < 4.78 is 16.9. The van der Waals surface area contributed by atoms with Crippen LogP contribution in [0, 0.1) is 0 Å². The van der Waals surface area contributed by atoms with Gasteiger partial charge in [0.25, 0.3) is 0 Å². The van der Waals surface area contributed by atoms with Gasteiger partial charge in [0.2, 0.25) is 0 Å². The molecule has 3 aromatic carbocycles. The standard InChI is InChI=1S/C25H21BrO5/c1-29-24-15-17(5-13-22(27)19-9-11-21(26)12-10-19)6-14-23(24)31-16-18-3-7-20(8-4-18)25(28)30-2/h3-15H,16H2,1-2H3/b13-5+. The van der Waals surface area contributed by atoms with Crippen molar-refractivity contribution in [3.05, 3.63) is 99.5 Å². The van der Waals surface area contributed by atoms with Gasteiger partial charge in [0.05, 0.1) is 19.8 Å². The molecule has 0 unspecified atom stereocenters. The van der Waals surface area contributed by atoms with E-state index in [4.69, 9.17) is 14.2 Å². The van der Waals surface area contributed by atoms with Crippen LogP contribution >= 0.6 is 15.9 Å². The molecule has 0 N–H and O–H groups in total. The largest absolute Gasteiger partial charge is 0.493 e. The fourth-order valence-corrected chi connectivity index (χ4v) is 3.07. The van der Waals surface area contributed by atoms with Gasteiger partial charge >= 0.3 is 5.97 Å². The van der Waals surface area contributed by atoms with E-state index in [9.17, 15) is 9.59 Å². The number of rotatable bonds is 8. The second kappa shape index (κ2) is 10.6. The number of carbonyl (C=O) groups excluding carboxylic acids is 2. The zero-order valence-corrected chi connectivity index (χ0v) is 18.7. The molecule has 0 fully saturated rings. The van der Waals surface area contributed by atoms with Crippen LogP contribution in [0.25, 0.3) is 6.08 Å². The molecule has 6 heteroatoms. The van der Waals surface area contributed by atoms with E-state index in [2.05, 4.69) is 15.9 Å². The van der Waals surface area contributed by atoms with E-state index >= 15 is 0 Å². The molecule has 0 heterocycles. The summed E-state index contributed by atoms with van der Waals surface area (Å²) in [4.78, 5) is 23.8. The Morgan fingerprint density at radius 3 is 2.19 bits per heavy atom. The molecule has 0 aromatic heterocycles. The molecule has 0 radical (unpaired) electrons. The summed E-state index contributed by atoms with van der Waals surface area (Å²) in [7, 11) is 2.91. The number of carbonyl (C=O) groups is 2. The minimum absolute atomic E-state index is 0.0813. The topological polar surface area (TPSA) is 61.8 Å². The average Bonchev–Trinajstić information content (AvgIpc) is 2.81. The summed E-state index contributed by atoms with van der Waals surface area (Å²) in [5.41, 5.74) is 2.82. The van der Waals surface area contributed by atoms with Crippen LogP contribution in [0.4, 0.5) is 0 Å². The van der Waals surface area contributed by atoms with Gasteiger partial charge in [-0.05, 0) is 65.7 Å². The minimum atomic E-state index is -0.378. The number of halogens is 1. The first-order chi connectivity index (χ1) is 15.0. The van der Waals surface area contributed by atoms with Crippen LogP contribution in [-0.4, -0.2) is 26.0 Å². The van der Waals surface area contributed by atoms with E-state index < -0.39 is 0 Å². The van der Waals surface area contributed by atoms with Gasteiger partial charge in [0.1, 0.15) is 6.61 Å². The Balaban J connectivity index is 1.66. The number of hydrogen-bond acceptors (Lipinski definition) is 5. The number of ketones is 1. The van der Waals surface area contributed by atoms with Gasteiger partial charge in [-0.25, -0.2) is 4.79 Å².